The number of H-pyrrole nitrogens is 1. The van der Waals surface area contributed by atoms with Crippen molar-refractivity contribution in [3.63, 3.8) is 0 Å². The van der Waals surface area contributed by atoms with Gasteiger partial charge in [0, 0.05) is 19.2 Å². The van der Waals surface area contributed by atoms with Crippen molar-refractivity contribution >= 4 is 10.8 Å². The van der Waals surface area contributed by atoms with Crippen LogP contribution in [0, 0.1) is 0 Å². The van der Waals surface area contributed by atoms with E-state index in [2.05, 4.69) is 57.7 Å². The van der Waals surface area contributed by atoms with Gasteiger partial charge in [-0.05, 0) is 10.8 Å². The van der Waals surface area contributed by atoms with Crippen LogP contribution in [0.2, 0.25) is 0 Å². The normalized spacial score (nSPS) is 11.1. The van der Waals surface area contributed by atoms with Crippen LogP contribution in [0.1, 0.15) is 5.82 Å². The van der Waals surface area contributed by atoms with E-state index in [4.69, 9.17) is 4.74 Å². The minimum Gasteiger partial charge on any atom is -0.383 e. The van der Waals surface area contributed by atoms with Crippen LogP contribution in [0.3, 0.4) is 0 Å². The first-order chi connectivity index (χ1) is 10.4. The molecule has 0 saturated carbocycles. The van der Waals surface area contributed by atoms with Gasteiger partial charge in [0.25, 0.3) is 0 Å². The van der Waals surface area contributed by atoms with Crippen LogP contribution in [0.15, 0.2) is 48.7 Å². The molecule has 2 aromatic carbocycles. The minimum absolute atomic E-state index is 0.705. The summed E-state index contributed by atoms with van der Waals surface area (Å²) in [5, 5.41) is 5.76. The Bertz CT molecular complexity index is 715. The molecule has 0 amide bonds. The van der Waals surface area contributed by atoms with E-state index in [0.717, 1.165) is 18.1 Å². The largest absolute Gasteiger partial charge is 0.383 e. The topological polar surface area (TPSA) is 49.9 Å². The van der Waals surface area contributed by atoms with Gasteiger partial charge in [0.1, 0.15) is 5.82 Å². The fraction of sp³-hybridized carbons (Fsp3) is 0.235. The number of methoxy groups -OCH3 is 1. The van der Waals surface area contributed by atoms with E-state index >= 15 is 0 Å². The maximum Gasteiger partial charge on any atom is 0.120 e. The summed E-state index contributed by atoms with van der Waals surface area (Å²) in [5.74, 6) is 0.939. The van der Waals surface area contributed by atoms with Crippen molar-refractivity contribution in [3.05, 3.63) is 54.5 Å². The summed E-state index contributed by atoms with van der Waals surface area (Å²) in [5.41, 5.74) is 2.24. The van der Waals surface area contributed by atoms with E-state index < -0.39 is 0 Å². The lowest BCUT2D eigenvalue weighted by molar-refractivity contribution is 0.199. The van der Waals surface area contributed by atoms with Crippen molar-refractivity contribution in [3.8, 4) is 11.3 Å². The molecule has 0 fully saturated rings. The molecule has 3 rings (SSSR count). The SMILES string of the molecule is COCCNCc1ncc(-c2cccc3ccccc23)[nH]1. The van der Waals surface area contributed by atoms with Gasteiger partial charge >= 0.3 is 0 Å². The molecule has 0 spiro atoms. The number of aromatic amines is 1. The lowest BCUT2D eigenvalue weighted by Gasteiger charge is -2.04. The van der Waals surface area contributed by atoms with Crippen LogP contribution >= 0.6 is 0 Å². The van der Waals surface area contributed by atoms with Crippen molar-refractivity contribution in [1.29, 1.82) is 0 Å². The Kier molecular flexibility index (Phi) is 4.28. The Labute approximate surface area is 124 Å². The molecule has 1 aromatic heterocycles. The molecule has 0 aliphatic rings. The summed E-state index contributed by atoms with van der Waals surface area (Å²) in [4.78, 5) is 7.82. The molecule has 108 valence electrons. The Balaban J connectivity index is 1.81. The van der Waals surface area contributed by atoms with Crippen molar-refractivity contribution in [2.45, 2.75) is 6.54 Å². The molecular weight excluding hydrogens is 262 g/mol. The van der Waals surface area contributed by atoms with Gasteiger partial charge in [-0.2, -0.15) is 0 Å². The molecule has 0 radical (unpaired) electrons. The van der Waals surface area contributed by atoms with Gasteiger partial charge in [0.15, 0.2) is 0 Å². The van der Waals surface area contributed by atoms with Gasteiger partial charge in [-0.15, -0.1) is 0 Å². The highest BCUT2D eigenvalue weighted by Crippen LogP contribution is 2.27. The quantitative estimate of drug-likeness (QED) is 0.683. The zero-order valence-electron chi connectivity index (χ0n) is 12.1. The van der Waals surface area contributed by atoms with E-state index in [-0.39, 0.29) is 0 Å². The summed E-state index contributed by atoms with van der Waals surface area (Å²) in [6, 6.07) is 14.7. The number of imidazole rings is 1. The summed E-state index contributed by atoms with van der Waals surface area (Å²) >= 11 is 0. The third kappa shape index (κ3) is 3.12. The molecule has 0 aliphatic heterocycles. The number of aromatic nitrogens is 2. The summed E-state index contributed by atoms with van der Waals surface area (Å²) in [6.07, 6.45) is 1.90. The number of hydrogen-bond donors (Lipinski definition) is 2. The fourth-order valence-electron chi connectivity index (χ4n) is 2.43. The number of fused-ring (bicyclic) bond motifs is 1. The van der Waals surface area contributed by atoms with E-state index in [1.807, 2.05) is 6.20 Å². The summed E-state index contributed by atoms with van der Waals surface area (Å²) in [7, 11) is 1.70. The number of nitrogens with one attached hydrogen (secondary N) is 2. The van der Waals surface area contributed by atoms with E-state index in [1.54, 1.807) is 7.11 Å². The van der Waals surface area contributed by atoms with E-state index in [1.165, 1.54) is 16.3 Å². The Morgan fingerprint density at radius 1 is 1.14 bits per heavy atom. The van der Waals surface area contributed by atoms with Crippen molar-refractivity contribution in [2.24, 2.45) is 0 Å². The van der Waals surface area contributed by atoms with Crippen molar-refractivity contribution < 1.29 is 4.74 Å². The zero-order valence-corrected chi connectivity index (χ0v) is 12.1. The highest BCUT2D eigenvalue weighted by Gasteiger charge is 2.06. The van der Waals surface area contributed by atoms with E-state index in [0.29, 0.717) is 13.2 Å². The lowest BCUT2D eigenvalue weighted by atomic mass is 10.0. The van der Waals surface area contributed by atoms with Crippen LogP contribution in [0.25, 0.3) is 22.0 Å². The molecule has 0 saturated heterocycles. The number of hydrogen-bond acceptors (Lipinski definition) is 3. The van der Waals surface area contributed by atoms with E-state index in [9.17, 15) is 0 Å². The standard InChI is InChI=1S/C17H19N3O/c1-21-10-9-18-12-17-19-11-16(20-17)15-8-4-6-13-5-2-3-7-14(13)15/h2-8,11,18H,9-10,12H2,1H3,(H,19,20). The molecule has 2 N–H and O–H groups in total. The number of rotatable bonds is 6. The molecule has 4 heteroatoms. The molecule has 3 aromatic rings. The number of ether oxygens (including phenoxy) is 1. The van der Waals surface area contributed by atoms with Crippen molar-refractivity contribution in [2.75, 3.05) is 20.3 Å². The first kappa shape index (κ1) is 13.8. The second-order valence-electron chi connectivity index (χ2n) is 4.94. The molecule has 1 heterocycles. The predicted octanol–water partition coefficient (Wildman–Crippen LogP) is 2.97. The maximum atomic E-state index is 5.01. The van der Waals surface area contributed by atoms with Crippen LogP contribution in [0.5, 0.6) is 0 Å². The molecule has 0 bridgehead atoms. The molecule has 4 nitrogen and oxygen atoms in total. The highest BCUT2D eigenvalue weighted by atomic mass is 16.5. The van der Waals surface area contributed by atoms with Crippen molar-refractivity contribution in [1.82, 2.24) is 15.3 Å². The Morgan fingerprint density at radius 2 is 2.00 bits per heavy atom. The smallest absolute Gasteiger partial charge is 0.120 e. The van der Waals surface area contributed by atoms with Gasteiger partial charge in [-0.1, -0.05) is 42.5 Å². The minimum atomic E-state index is 0.705. The summed E-state index contributed by atoms with van der Waals surface area (Å²) in [6.45, 7) is 2.24. The van der Waals surface area contributed by atoms with Gasteiger partial charge in [0.2, 0.25) is 0 Å². The lowest BCUT2D eigenvalue weighted by Crippen LogP contribution is -2.19. The number of nitrogens with zero attached hydrogens (tertiary/aromatic N) is 1. The molecule has 0 unspecified atom stereocenters. The first-order valence-corrected chi connectivity index (χ1v) is 7.10. The average Bonchev–Trinajstić information content (AvgIpc) is 3.00. The van der Waals surface area contributed by atoms with Crippen LogP contribution in [-0.4, -0.2) is 30.2 Å². The predicted molar refractivity (Wildman–Crippen MR) is 85.1 cm³/mol. The second kappa shape index (κ2) is 6.52. The van der Waals surface area contributed by atoms with Gasteiger partial charge in [-0.25, -0.2) is 4.98 Å². The fourth-order valence-corrected chi connectivity index (χ4v) is 2.43. The Morgan fingerprint density at radius 3 is 2.90 bits per heavy atom. The third-order valence-electron chi connectivity index (χ3n) is 3.48. The monoisotopic (exact) mass is 281 g/mol. The van der Waals surface area contributed by atoms with Crippen LogP contribution in [0.4, 0.5) is 0 Å². The first-order valence-electron chi connectivity index (χ1n) is 7.10. The number of benzene rings is 2. The van der Waals surface area contributed by atoms with Gasteiger partial charge < -0.3 is 15.0 Å². The average molecular weight is 281 g/mol. The molecule has 0 aliphatic carbocycles. The maximum absolute atomic E-state index is 5.01. The third-order valence-corrected chi connectivity index (χ3v) is 3.48. The summed E-state index contributed by atoms with van der Waals surface area (Å²) < 4.78 is 5.01. The van der Waals surface area contributed by atoms with Gasteiger partial charge in [0.05, 0.1) is 25.0 Å². The van der Waals surface area contributed by atoms with Crippen LogP contribution in [-0.2, 0) is 11.3 Å². The molecule has 0 atom stereocenters. The second-order valence-corrected chi connectivity index (χ2v) is 4.94. The Hall–Kier alpha value is -2.17. The van der Waals surface area contributed by atoms with Gasteiger partial charge in [-0.3, -0.25) is 0 Å². The molecular formula is C17H19N3O. The zero-order chi connectivity index (χ0) is 14.5. The highest BCUT2D eigenvalue weighted by molar-refractivity contribution is 5.95. The van der Waals surface area contributed by atoms with Crippen LogP contribution < -0.4 is 5.32 Å². The molecule has 21 heavy (non-hydrogen) atoms.